The molecule has 1 atom stereocenters. The smallest absolute Gasteiger partial charge is 0.228 e. The first-order valence-electron chi connectivity index (χ1n) is 11.9. The summed E-state index contributed by atoms with van der Waals surface area (Å²) < 4.78 is 6.29. The van der Waals surface area contributed by atoms with Crippen LogP contribution in [-0.4, -0.2) is 77.9 Å². The van der Waals surface area contributed by atoms with Gasteiger partial charge in [0.05, 0.1) is 36.7 Å². The molecule has 2 aromatic rings. The predicted molar refractivity (Wildman–Crippen MR) is 128 cm³/mol. The van der Waals surface area contributed by atoms with Crippen LogP contribution >= 0.6 is 0 Å². The van der Waals surface area contributed by atoms with Crippen molar-refractivity contribution in [2.45, 2.75) is 32.8 Å². The molecule has 9 nitrogen and oxygen atoms in total. The SMILES string of the molecule is CN(C)C(=O)C1CN(c2ncc(N3CC(Oc4ccc(C(=O)C5CC5)nc4)C(C)(C)C3)cn2)C1. The molecule has 2 saturated heterocycles. The molecule has 0 N–H and O–H groups in total. The molecule has 34 heavy (non-hydrogen) atoms. The summed E-state index contributed by atoms with van der Waals surface area (Å²) >= 11 is 0. The standard InChI is InChI=1S/C25H32N6O3/c1-25(2)15-31(14-21(25)34-19-7-8-20(26-11-19)22(32)16-5-6-16)18-9-27-24(28-10-18)30-12-17(13-30)23(33)29(3)4/h7-11,16-17,21H,5-6,12-15H2,1-4H3. The fraction of sp³-hybridized carbons (Fsp3) is 0.560. The van der Waals surface area contributed by atoms with Crippen LogP contribution in [0.2, 0.25) is 0 Å². The van der Waals surface area contributed by atoms with E-state index in [4.69, 9.17) is 4.74 Å². The van der Waals surface area contributed by atoms with Gasteiger partial charge in [0, 0.05) is 45.1 Å². The molecule has 9 heteroatoms. The largest absolute Gasteiger partial charge is 0.486 e. The Kier molecular flexibility index (Phi) is 5.65. The van der Waals surface area contributed by atoms with Crippen molar-refractivity contribution in [2.75, 3.05) is 50.1 Å². The second-order valence-electron chi connectivity index (χ2n) is 10.6. The van der Waals surface area contributed by atoms with Crippen LogP contribution < -0.4 is 14.5 Å². The molecule has 1 amide bonds. The second-order valence-corrected chi connectivity index (χ2v) is 10.6. The minimum absolute atomic E-state index is 0.0194. The first-order chi connectivity index (χ1) is 16.2. The minimum Gasteiger partial charge on any atom is -0.486 e. The van der Waals surface area contributed by atoms with Crippen LogP contribution in [0.25, 0.3) is 0 Å². The lowest BCUT2D eigenvalue weighted by atomic mass is 9.90. The van der Waals surface area contributed by atoms with Crippen LogP contribution in [0, 0.1) is 17.3 Å². The minimum atomic E-state index is -0.0849. The number of rotatable bonds is 7. The normalized spacial score (nSPS) is 21.8. The van der Waals surface area contributed by atoms with Gasteiger partial charge in [-0.15, -0.1) is 0 Å². The molecular formula is C25H32N6O3. The summed E-state index contributed by atoms with van der Waals surface area (Å²) in [6, 6.07) is 3.62. The Morgan fingerprint density at radius 1 is 0.971 bits per heavy atom. The fourth-order valence-corrected chi connectivity index (χ4v) is 4.62. The third kappa shape index (κ3) is 4.43. The van der Waals surface area contributed by atoms with Crippen molar-refractivity contribution >= 4 is 23.3 Å². The molecule has 180 valence electrons. The van der Waals surface area contributed by atoms with Crippen molar-refractivity contribution in [3.05, 3.63) is 36.4 Å². The van der Waals surface area contributed by atoms with Crippen LogP contribution in [0.1, 0.15) is 37.2 Å². The van der Waals surface area contributed by atoms with Gasteiger partial charge in [0.25, 0.3) is 0 Å². The Hall–Kier alpha value is -3.23. The van der Waals surface area contributed by atoms with Gasteiger partial charge in [-0.1, -0.05) is 13.8 Å². The molecule has 3 fully saturated rings. The average molecular weight is 465 g/mol. The Balaban J connectivity index is 1.19. The van der Waals surface area contributed by atoms with E-state index in [0.717, 1.165) is 25.1 Å². The van der Waals surface area contributed by atoms with Crippen molar-refractivity contribution in [2.24, 2.45) is 17.3 Å². The zero-order valence-electron chi connectivity index (χ0n) is 20.3. The van der Waals surface area contributed by atoms with Gasteiger partial charge in [-0.3, -0.25) is 9.59 Å². The van der Waals surface area contributed by atoms with Gasteiger partial charge in [0.1, 0.15) is 17.5 Å². The summed E-state index contributed by atoms with van der Waals surface area (Å²) in [6.45, 7) is 7.21. The number of aromatic nitrogens is 3. The quantitative estimate of drug-likeness (QED) is 0.577. The zero-order chi connectivity index (χ0) is 24.0. The first-order valence-corrected chi connectivity index (χ1v) is 11.9. The van der Waals surface area contributed by atoms with Gasteiger partial charge in [-0.2, -0.15) is 0 Å². The maximum absolute atomic E-state index is 12.2. The summed E-state index contributed by atoms with van der Waals surface area (Å²) in [6.07, 6.45) is 7.28. The zero-order valence-corrected chi connectivity index (χ0v) is 20.3. The number of anilines is 2. The number of hydrogen-bond acceptors (Lipinski definition) is 8. The molecule has 5 rings (SSSR count). The van der Waals surface area contributed by atoms with Gasteiger partial charge in [-0.25, -0.2) is 15.0 Å². The van der Waals surface area contributed by atoms with Gasteiger partial charge >= 0.3 is 0 Å². The highest BCUT2D eigenvalue weighted by Gasteiger charge is 2.42. The Labute approximate surface area is 200 Å². The van der Waals surface area contributed by atoms with Gasteiger partial charge < -0.3 is 19.4 Å². The monoisotopic (exact) mass is 464 g/mol. The summed E-state index contributed by atoms with van der Waals surface area (Å²) in [4.78, 5) is 43.6. The molecule has 3 aliphatic rings. The lowest BCUT2D eigenvalue weighted by Gasteiger charge is -2.39. The molecule has 4 heterocycles. The van der Waals surface area contributed by atoms with Crippen LogP contribution in [0.4, 0.5) is 11.6 Å². The first kappa shape index (κ1) is 22.6. The number of Topliss-reactive ketones (excluding diaryl/α,β-unsaturated/α-hetero) is 1. The van der Waals surface area contributed by atoms with Crippen LogP contribution in [0.15, 0.2) is 30.7 Å². The summed E-state index contributed by atoms with van der Waals surface area (Å²) in [5.74, 6) is 1.81. The third-order valence-corrected chi connectivity index (χ3v) is 7.02. The maximum Gasteiger partial charge on any atom is 0.228 e. The van der Waals surface area contributed by atoms with Crippen LogP contribution in [0.3, 0.4) is 0 Å². The molecule has 2 aliphatic heterocycles. The molecule has 0 aromatic carbocycles. The van der Waals surface area contributed by atoms with E-state index in [1.54, 1.807) is 31.3 Å². The highest BCUT2D eigenvalue weighted by molar-refractivity contribution is 5.97. The number of hydrogen-bond donors (Lipinski definition) is 0. The van der Waals surface area contributed by atoms with E-state index in [1.165, 1.54) is 0 Å². The fourth-order valence-electron chi connectivity index (χ4n) is 4.62. The third-order valence-electron chi connectivity index (χ3n) is 7.02. The highest BCUT2D eigenvalue weighted by atomic mass is 16.5. The number of ketones is 1. The maximum atomic E-state index is 12.2. The molecule has 1 aliphatic carbocycles. The lowest BCUT2D eigenvalue weighted by molar-refractivity contribution is -0.133. The molecule has 0 radical (unpaired) electrons. The van der Waals surface area contributed by atoms with E-state index in [-0.39, 0.29) is 35.0 Å². The number of pyridine rings is 1. The predicted octanol–water partition coefficient (Wildman–Crippen LogP) is 2.28. The molecule has 1 unspecified atom stereocenters. The Morgan fingerprint density at radius 2 is 1.68 bits per heavy atom. The highest BCUT2D eigenvalue weighted by Crippen LogP contribution is 2.36. The van der Waals surface area contributed by atoms with Crippen molar-refractivity contribution < 1.29 is 14.3 Å². The number of ether oxygens (including phenoxy) is 1. The topological polar surface area (TPSA) is 91.8 Å². The number of nitrogens with zero attached hydrogens (tertiary/aromatic N) is 6. The van der Waals surface area contributed by atoms with Gasteiger partial charge in [0.15, 0.2) is 5.78 Å². The second kappa shape index (κ2) is 8.52. The van der Waals surface area contributed by atoms with E-state index in [9.17, 15) is 9.59 Å². The molecular weight excluding hydrogens is 432 g/mol. The van der Waals surface area contributed by atoms with Gasteiger partial charge in [-0.05, 0) is 25.0 Å². The van der Waals surface area contributed by atoms with E-state index >= 15 is 0 Å². The van der Waals surface area contributed by atoms with E-state index in [1.807, 2.05) is 23.4 Å². The molecule has 2 aromatic heterocycles. The molecule has 0 spiro atoms. The summed E-state index contributed by atoms with van der Waals surface area (Å²) in [5.41, 5.74) is 1.39. The van der Waals surface area contributed by atoms with E-state index in [0.29, 0.717) is 37.0 Å². The molecule has 1 saturated carbocycles. The Bertz CT molecular complexity index is 1060. The number of amides is 1. The van der Waals surface area contributed by atoms with Crippen LogP contribution in [-0.2, 0) is 4.79 Å². The van der Waals surface area contributed by atoms with Crippen LogP contribution in [0.5, 0.6) is 5.75 Å². The summed E-state index contributed by atoms with van der Waals surface area (Å²) in [7, 11) is 3.57. The van der Waals surface area contributed by atoms with E-state index < -0.39 is 0 Å². The molecule has 0 bridgehead atoms. The van der Waals surface area contributed by atoms with Crippen molar-refractivity contribution in [3.8, 4) is 5.75 Å². The lowest BCUT2D eigenvalue weighted by Crippen LogP contribution is -2.54. The van der Waals surface area contributed by atoms with Crippen molar-refractivity contribution in [1.29, 1.82) is 0 Å². The van der Waals surface area contributed by atoms with Crippen molar-refractivity contribution in [1.82, 2.24) is 19.9 Å². The van der Waals surface area contributed by atoms with Gasteiger partial charge in [0.2, 0.25) is 11.9 Å². The number of carbonyl (C=O) groups excluding carboxylic acids is 2. The number of carbonyl (C=O) groups is 2. The van der Waals surface area contributed by atoms with Crippen molar-refractivity contribution in [3.63, 3.8) is 0 Å². The summed E-state index contributed by atoms with van der Waals surface area (Å²) in [5, 5.41) is 0. The average Bonchev–Trinajstić information content (AvgIpc) is 3.58. The Morgan fingerprint density at radius 3 is 2.26 bits per heavy atom. The van der Waals surface area contributed by atoms with E-state index in [2.05, 4.69) is 33.7 Å².